The number of unbranched alkanes of at least 4 members (excludes halogenated alkanes) is 3. The first kappa shape index (κ1) is 15.5. The number of esters is 1. The average molecular weight is 274 g/mol. The molecule has 2 nitrogen and oxygen atoms in total. The number of hydrogen-bond donors (Lipinski definition) is 0. The molecular formula is C14H17F3O2. The molecule has 0 saturated carbocycles. The van der Waals surface area contributed by atoms with Crippen molar-refractivity contribution in [2.45, 2.75) is 38.5 Å². The molecule has 0 amide bonds. The Hall–Kier alpha value is -1.52. The van der Waals surface area contributed by atoms with E-state index in [4.69, 9.17) is 4.74 Å². The summed E-state index contributed by atoms with van der Waals surface area (Å²) < 4.78 is 41.3. The minimum Gasteiger partial charge on any atom is -0.462 e. The van der Waals surface area contributed by atoms with Crippen LogP contribution in [0.1, 0.15) is 42.5 Å². The largest absolute Gasteiger partial charge is 0.462 e. The van der Waals surface area contributed by atoms with Crippen LogP contribution >= 0.6 is 0 Å². The van der Waals surface area contributed by atoms with Gasteiger partial charge >= 0.3 is 5.97 Å². The van der Waals surface area contributed by atoms with Gasteiger partial charge in [-0.3, -0.25) is 0 Å². The fourth-order valence-electron chi connectivity index (χ4n) is 1.59. The van der Waals surface area contributed by atoms with Crippen LogP contribution in [0.4, 0.5) is 13.2 Å². The predicted molar refractivity (Wildman–Crippen MR) is 65.8 cm³/mol. The lowest BCUT2D eigenvalue weighted by molar-refractivity contribution is 0.0497. The molecule has 0 aromatic heterocycles. The van der Waals surface area contributed by atoms with Crippen molar-refractivity contribution < 1.29 is 22.7 Å². The standard InChI is InChI=1S/C14H17F3O2/c15-12-8-6-11(7-9-12)14(18)19-10-4-2-1-3-5-13(16)17/h6-9,13H,1-5,10H2. The first-order valence-electron chi connectivity index (χ1n) is 6.30. The van der Waals surface area contributed by atoms with Gasteiger partial charge in [-0.15, -0.1) is 0 Å². The molecule has 0 spiro atoms. The van der Waals surface area contributed by atoms with Gasteiger partial charge in [0.15, 0.2) is 0 Å². The minimum atomic E-state index is -2.24. The monoisotopic (exact) mass is 274 g/mol. The summed E-state index contributed by atoms with van der Waals surface area (Å²) in [6.07, 6.45) is 0.285. The van der Waals surface area contributed by atoms with Crippen molar-refractivity contribution in [1.82, 2.24) is 0 Å². The van der Waals surface area contributed by atoms with Crippen LogP contribution in [0.15, 0.2) is 24.3 Å². The molecule has 0 atom stereocenters. The molecule has 0 aliphatic rings. The number of carbonyl (C=O) groups is 1. The molecule has 106 valence electrons. The van der Waals surface area contributed by atoms with E-state index in [0.717, 1.165) is 6.42 Å². The molecule has 5 heteroatoms. The number of carbonyl (C=O) groups excluding carboxylic acids is 1. The van der Waals surface area contributed by atoms with Crippen molar-refractivity contribution >= 4 is 5.97 Å². The third kappa shape index (κ3) is 6.84. The minimum absolute atomic E-state index is 0.0740. The Morgan fingerprint density at radius 3 is 2.32 bits per heavy atom. The van der Waals surface area contributed by atoms with E-state index in [1.165, 1.54) is 24.3 Å². The summed E-state index contributed by atoms with van der Waals surface area (Å²) in [7, 11) is 0. The molecule has 1 aromatic rings. The zero-order chi connectivity index (χ0) is 14.1. The zero-order valence-corrected chi connectivity index (χ0v) is 10.6. The van der Waals surface area contributed by atoms with Gasteiger partial charge in [0.05, 0.1) is 12.2 Å². The van der Waals surface area contributed by atoms with Crippen LogP contribution in [-0.2, 0) is 4.74 Å². The number of rotatable bonds is 8. The van der Waals surface area contributed by atoms with Crippen LogP contribution in [0.5, 0.6) is 0 Å². The van der Waals surface area contributed by atoms with Gasteiger partial charge in [0.1, 0.15) is 5.82 Å². The fraction of sp³-hybridized carbons (Fsp3) is 0.500. The van der Waals surface area contributed by atoms with Gasteiger partial charge in [-0.05, 0) is 37.1 Å². The van der Waals surface area contributed by atoms with E-state index in [1.54, 1.807) is 0 Å². The number of ether oxygens (including phenoxy) is 1. The van der Waals surface area contributed by atoms with E-state index in [1.807, 2.05) is 0 Å². The highest BCUT2D eigenvalue weighted by molar-refractivity contribution is 5.89. The molecule has 0 unspecified atom stereocenters. The van der Waals surface area contributed by atoms with Crippen molar-refractivity contribution in [3.05, 3.63) is 35.6 Å². The Labute approximate surface area is 110 Å². The summed E-state index contributed by atoms with van der Waals surface area (Å²) in [5.41, 5.74) is 0.305. The van der Waals surface area contributed by atoms with Gasteiger partial charge in [-0.25, -0.2) is 18.0 Å². The van der Waals surface area contributed by atoms with Crippen LogP contribution in [0.25, 0.3) is 0 Å². The van der Waals surface area contributed by atoms with Crippen LogP contribution < -0.4 is 0 Å². The molecule has 0 N–H and O–H groups in total. The fourth-order valence-corrected chi connectivity index (χ4v) is 1.59. The lowest BCUT2D eigenvalue weighted by Gasteiger charge is -2.05. The Morgan fingerprint density at radius 1 is 1.05 bits per heavy atom. The Kier molecular flexibility index (Phi) is 7.00. The van der Waals surface area contributed by atoms with Gasteiger partial charge in [0.25, 0.3) is 0 Å². The maximum Gasteiger partial charge on any atom is 0.338 e. The van der Waals surface area contributed by atoms with Crippen LogP contribution in [0.3, 0.4) is 0 Å². The Morgan fingerprint density at radius 2 is 1.68 bits per heavy atom. The van der Waals surface area contributed by atoms with Crippen LogP contribution in [-0.4, -0.2) is 19.0 Å². The summed E-state index contributed by atoms with van der Waals surface area (Å²) in [5, 5.41) is 0. The van der Waals surface area contributed by atoms with E-state index in [-0.39, 0.29) is 13.0 Å². The topological polar surface area (TPSA) is 26.3 Å². The second-order valence-corrected chi connectivity index (χ2v) is 4.24. The Bertz CT molecular complexity index is 377. The summed E-state index contributed by atoms with van der Waals surface area (Å²) in [4.78, 5) is 11.5. The van der Waals surface area contributed by atoms with Gasteiger partial charge in [-0.1, -0.05) is 12.8 Å². The molecule has 1 aromatic carbocycles. The lowest BCUT2D eigenvalue weighted by Crippen LogP contribution is -2.06. The molecule has 0 saturated heterocycles. The normalized spacial score (nSPS) is 10.7. The molecule has 0 bridgehead atoms. The second kappa shape index (κ2) is 8.56. The smallest absolute Gasteiger partial charge is 0.338 e. The van der Waals surface area contributed by atoms with Crippen molar-refractivity contribution in [1.29, 1.82) is 0 Å². The zero-order valence-electron chi connectivity index (χ0n) is 10.6. The van der Waals surface area contributed by atoms with Gasteiger partial charge in [0.2, 0.25) is 6.43 Å². The molecular weight excluding hydrogens is 257 g/mol. The number of hydrogen-bond acceptors (Lipinski definition) is 2. The maximum atomic E-state index is 12.6. The van der Waals surface area contributed by atoms with Crippen molar-refractivity contribution in [2.24, 2.45) is 0 Å². The van der Waals surface area contributed by atoms with E-state index >= 15 is 0 Å². The highest BCUT2D eigenvalue weighted by Crippen LogP contribution is 2.09. The second-order valence-electron chi connectivity index (χ2n) is 4.24. The van der Waals surface area contributed by atoms with Crippen molar-refractivity contribution in [3.63, 3.8) is 0 Å². The third-order valence-corrected chi connectivity index (χ3v) is 2.63. The quantitative estimate of drug-likeness (QED) is 0.524. The van der Waals surface area contributed by atoms with Crippen LogP contribution in [0, 0.1) is 5.82 Å². The molecule has 0 heterocycles. The summed E-state index contributed by atoms with van der Waals surface area (Å²) in [6.45, 7) is 0.255. The first-order chi connectivity index (χ1) is 9.09. The summed E-state index contributed by atoms with van der Waals surface area (Å²) >= 11 is 0. The van der Waals surface area contributed by atoms with E-state index in [9.17, 15) is 18.0 Å². The number of halogens is 3. The van der Waals surface area contributed by atoms with E-state index in [2.05, 4.69) is 0 Å². The molecule has 0 fully saturated rings. The first-order valence-corrected chi connectivity index (χ1v) is 6.30. The predicted octanol–water partition coefficient (Wildman–Crippen LogP) is 4.20. The highest BCUT2D eigenvalue weighted by atomic mass is 19.3. The highest BCUT2D eigenvalue weighted by Gasteiger charge is 2.06. The van der Waals surface area contributed by atoms with E-state index in [0.29, 0.717) is 24.8 Å². The molecule has 0 aliphatic heterocycles. The van der Waals surface area contributed by atoms with Gasteiger partial charge < -0.3 is 4.74 Å². The molecule has 19 heavy (non-hydrogen) atoms. The molecule has 0 radical (unpaired) electrons. The molecule has 1 rings (SSSR count). The molecule has 0 aliphatic carbocycles. The third-order valence-electron chi connectivity index (χ3n) is 2.63. The average Bonchev–Trinajstić information content (AvgIpc) is 2.38. The van der Waals surface area contributed by atoms with Crippen molar-refractivity contribution in [3.8, 4) is 0 Å². The van der Waals surface area contributed by atoms with E-state index < -0.39 is 18.2 Å². The Balaban J connectivity index is 2.09. The number of alkyl halides is 2. The number of benzene rings is 1. The SMILES string of the molecule is O=C(OCCCCCCC(F)F)c1ccc(F)cc1. The van der Waals surface area contributed by atoms with Gasteiger partial charge in [0, 0.05) is 6.42 Å². The van der Waals surface area contributed by atoms with Gasteiger partial charge in [-0.2, -0.15) is 0 Å². The summed E-state index contributed by atoms with van der Waals surface area (Å²) in [5.74, 6) is -0.900. The maximum absolute atomic E-state index is 12.6. The summed E-state index contributed by atoms with van der Waals surface area (Å²) in [6, 6.07) is 5.11. The lowest BCUT2D eigenvalue weighted by atomic mass is 10.1. The van der Waals surface area contributed by atoms with Crippen LogP contribution in [0.2, 0.25) is 0 Å². The van der Waals surface area contributed by atoms with Crippen molar-refractivity contribution in [2.75, 3.05) is 6.61 Å².